The molecule has 2 aromatic rings. The molecule has 0 saturated carbocycles. The van der Waals surface area contributed by atoms with Crippen LogP contribution in [0.1, 0.15) is 13.3 Å². The van der Waals surface area contributed by atoms with Gasteiger partial charge in [0.15, 0.2) is 11.5 Å². The lowest BCUT2D eigenvalue weighted by Crippen LogP contribution is -2.39. The monoisotopic (exact) mass is 266 g/mol. The maximum Gasteiger partial charge on any atom is 0.165 e. The van der Waals surface area contributed by atoms with Crippen molar-refractivity contribution in [1.29, 1.82) is 0 Å². The number of nitrogens with zero attached hydrogens (tertiary/aromatic N) is 4. The largest absolute Gasteiger partial charge is 0.393 e. The standard InChI is InChI=1S/C11H18N6O2/c1-6(18)2-7(12)8(19)3-17-5-16-9-10(13)14-4-15-11(9)17/h4-8,18-19H,2-3,12H2,1H3,(H2,13,14,15). The highest BCUT2D eigenvalue weighted by Gasteiger charge is 2.19. The average molecular weight is 266 g/mol. The lowest BCUT2D eigenvalue weighted by atomic mass is 10.1. The summed E-state index contributed by atoms with van der Waals surface area (Å²) in [5.74, 6) is 0.298. The van der Waals surface area contributed by atoms with Crippen LogP contribution in [0.5, 0.6) is 0 Å². The van der Waals surface area contributed by atoms with Crippen molar-refractivity contribution in [3.8, 4) is 0 Å². The van der Waals surface area contributed by atoms with Gasteiger partial charge in [0.2, 0.25) is 0 Å². The van der Waals surface area contributed by atoms with Crippen LogP contribution < -0.4 is 11.5 Å². The van der Waals surface area contributed by atoms with Gasteiger partial charge in [0.05, 0.1) is 25.1 Å². The number of aromatic nitrogens is 4. The molecule has 19 heavy (non-hydrogen) atoms. The van der Waals surface area contributed by atoms with Gasteiger partial charge >= 0.3 is 0 Å². The highest BCUT2D eigenvalue weighted by molar-refractivity contribution is 5.81. The maximum atomic E-state index is 10.0. The Labute approximate surface area is 110 Å². The second kappa shape index (κ2) is 5.47. The summed E-state index contributed by atoms with van der Waals surface area (Å²) in [6.45, 7) is 1.87. The van der Waals surface area contributed by atoms with Crippen LogP contribution in [-0.4, -0.2) is 48.0 Å². The highest BCUT2D eigenvalue weighted by atomic mass is 16.3. The second-order valence-electron chi connectivity index (χ2n) is 4.64. The first-order valence-electron chi connectivity index (χ1n) is 6.02. The number of imidazole rings is 1. The molecular weight excluding hydrogens is 248 g/mol. The number of nitrogens with two attached hydrogens (primary N) is 2. The van der Waals surface area contributed by atoms with Crippen LogP contribution in [0.25, 0.3) is 11.2 Å². The van der Waals surface area contributed by atoms with E-state index in [1.54, 1.807) is 11.5 Å². The average Bonchev–Trinajstić information content (AvgIpc) is 2.73. The fraction of sp³-hybridized carbons (Fsp3) is 0.545. The van der Waals surface area contributed by atoms with Crippen molar-refractivity contribution < 1.29 is 10.2 Å². The first-order valence-corrected chi connectivity index (χ1v) is 6.02. The van der Waals surface area contributed by atoms with Gasteiger partial charge in [-0.25, -0.2) is 15.0 Å². The van der Waals surface area contributed by atoms with Crippen LogP contribution in [0.2, 0.25) is 0 Å². The van der Waals surface area contributed by atoms with E-state index in [4.69, 9.17) is 11.5 Å². The van der Waals surface area contributed by atoms with E-state index in [0.29, 0.717) is 23.4 Å². The number of hydrogen-bond acceptors (Lipinski definition) is 7. The van der Waals surface area contributed by atoms with Crippen molar-refractivity contribution in [3.05, 3.63) is 12.7 Å². The fourth-order valence-corrected chi connectivity index (χ4v) is 1.92. The van der Waals surface area contributed by atoms with Crippen LogP contribution in [-0.2, 0) is 6.54 Å². The van der Waals surface area contributed by atoms with Gasteiger partial charge in [-0.05, 0) is 13.3 Å². The number of fused-ring (bicyclic) bond motifs is 1. The minimum Gasteiger partial charge on any atom is -0.393 e. The van der Waals surface area contributed by atoms with Crippen LogP contribution >= 0.6 is 0 Å². The Bertz CT molecular complexity index is 555. The van der Waals surface area contributed by atoms with E-state index in [2.05, 4.69) is 15.0 Å². The molecule has 0 fully saturated rings. The summed E-state index contributed by atoms with van der Waals surface area (Å²) in [6, 6.07) is -0.517. The third-order valence-corrected chi connectivity index (χ3v) is 2.92. The Balaban J connectivity index is 2.15. The zero-order valence-electron chi connectivity index (χ0n) is 10.6. The van der Waals surface area contributed by atoms with Crippen molar-refractivity contribution >= 4 is 17.0 Å². The first kappa shape index (κ1) is 13.7. The summed E-state index contributed by atoms with van der Waals surface area (Å²) in [4.78, 5) is 12.0. The third-order valence-electron chi connectivity index (χ3n) is 2.92. The minimum atomic E-state index is -0.803. The van der Waals surface area contributed by atoms with Crippen molar-refractivity contribution in [2.45, 2.75) is 38.1 Å². The van der Waals surface area contributed by atoms with E-state index in [0.717, 1.165) is 0 Å². The summed E-state index contributed by atoms with van der Waals surface area (Å²) < 4.78 is 1.67. The number of nitrogen functional groups attached to an aromatic ring is 1. The summed E-state index contributed by atoms with van der Waals surface area (Å²) in [6.07, 6.45) is 1.85. The van der Waals surface area contributed by atoms with E-state index < -0.39 is 18.2 Å². The van der Waals surface area contributed by atoms with E-state index in [1.165, 1.54) is 12.7 Å². The Hall–Kier alpha value is -1.77. The summed E-state index contributed by atoms with van der Waals surface area (Å²) >= 11 is 0. The number of anilines is 1. The molecule has 3 atom stereocenters. The van der Waals surface area contributed by atoms with E-state index >= 15 is 0 Å². The lowest BCUT2D eigenvalue weighted by Gasteiger charge is -2.20. The molecule has 2 aromatic heterocycles. The quantitative estimate of drug-likeness (QED) is 0.537. The highest BCUT2D eigenvalue weighted by Crippen LogP contribution is 2.15. The van der Waals surface area contributed by atoms with Gasteiger partial charge in [-0.3, -0.25) is 0 Å². The maximum absolute atomic E-state index is 10.0. The fourth-order valence-electron chi connectivity index (χ4n) is 1.92. The zero-order chi connectivity index (χ0) is 14.0. The number of aliphatic hydroxyl groups is 2. The van der Waals surface area contributed by atoms with Crippen molar-refractivity contribution in [3.63, 3.8) is 0 Å². The minimum absolute atomic E-state index is 0.237. The van der Waals surface area contributed by atoms with E-state index in [1.807, 2.05) is 0 Å². The van der Waals surface area contributed by atoms with Crippen LogP contribution in [0.15, 0.2) is 12.7 Å². The van der Waals surface area contributed by atoms with Crippen LogP contribution in [0.4, 0.5) is 5.82 Å². The SMILES string of the molecule is CC(O)CC(N)C(O)Cn1cnc2c(N)ncnc21. The first-order chi connectivity index (χ1) is 8.99. The van der Waals surface area contributed by atoms with Crippen LogP contribution in [0, 0.1) is 0 Å². The molecule has 8 nitrogen and oxygen atoms in total. The predicted octanol–water partition coefficient (Wildman–Crippen LogP) is -1.13. The Morgan fingerprint density at radius 2 is 2.05 bits per heavy atom. The lowest BCUT2D eigenvalue weighted by molar-refractivity contribution is 0.0915. The number of hydrogen-bond donors (Lipinski definition) is 4. The normalized spacial score (nSPS) is 16.4. The van der Waals surface area contributed by atoms with Gasteiger partial charge in [-0.1, -0.05) is 0 Å². The topological polar surface area (TPSA) is 136 Å². The summed E-state index contributed by atoms with van der Waals surface area (Å²) in [5, 5.41) is 19.3. The molecule has 6 N–H and O–H groups in total. The Morgan fingerprint density at radius 1 is 1.32 bits per heavy atom. The molecule has 2 heterocycles. The van der Waals surface area contributed by atoms with Gasteiger partial charge < -0.3 is 26.2 Å². The number of aliphatic hydroxyl groups excluding tert-OH is 2. The van der Waals surface area contributed by atoms with Gasteiger partial charge in [0.25, 0.3) is 0 Å². The van der Waals surface area contributed by atoms with Gasteiger partial charge in [-0.15, -0.1) is 0 Å². The molecule has 0 spiro atoms. The van der Waals surface area contributed by atoms with Crippen LogP contribution in [0.3, 0.4) is 0 Å². The molecule has 104 valence electrons. The molecule has 0 bridgehead atoms. The zero-order valence-corrected chi connectivity index (χ0v) is 10.6. The van der Waals surface area contributed by atoms with E-state index in [9.17, 15) is 10.2 Å². The Kier molecular flexibility index (Phi) is 3.93. The molecule has 8 heteroatoms. The molecule has 0 aromatic carbocycles. The second-order valence-corrected chi connectivity index (χ2v) is 4.64. The van der Waals surface area contributed by atoms with Crippen molar-refractivity contribution in [2.24, 2.45) is 5.73 Å². The van der Waals surface area contributed by atoms with Crippen molar-refractivity contribution in [1.82, 2.24) is 19.5 Å². The van der Waals surface area contributed by atoms with Gasteiger partial charge in [0, 0.05) is 6.04 Å². The number of rotatable bonds is 5. The molecular formula is C11H18N6O2. The molecule has 0 amide bonds. The third kappa shape index (κ3) is 2.98. The molecule has 0 aliphatic heterocycles. The van der Waals surface area contributed by atoms with Gasteiger partial charge in [0.1, 0.15) is 11.8 Å². The molecule has 0 saturated heterocycles. The smallest absolute Gasteiger partial charge is 0.165 e. The molecule has 3 unspecified atom stereocenters. The van der Waals surface area contributed by atoms with E-state index in [-0.39, 0.29) is 6.54 Å². The Morgan fingerprint density at radius 3 is 2.74 bits per heavy atom. The molecule has 2 rings (SSSR count). The molecule has 0 radical (unpaired) electrons. The van der Waals surface area contributed by atoms with Crippen molar-refractivity contribution in [2.75, 3.05) is 5.73 Å². The summed E-state index contributed by atoms with van der Waals surface area (Å²) in [5.41, 5.74) is 12.5. The summed E-state index contributed by atoms with van der Waals surface area (Å²) in [7, 11) is 0. The predicted molar refractivity (Wildman–Crippen MR) is 70.0 cm³/mol. The molecule has 0 aliphatic carbocycles. The molecule has 0 aliphatic rings. The van der Waals surface area contributed by atoms with Gasteiger partial charge in [-0.2, -0.15) is 0 Å².